The predicted molar refractivity (Wildman–Crippen MR) is 324 cm³/mol. The Labute approximate surface area is 516 Å². The number of H-pyrrole nitrogens is 1. The van der Waals surface area contributed by atoms with Gasteiger partial charge in [0.05, 0.1) is 80.7 Å². The number of carbonyl (C=O) groups excluding carboxylic acids is 4. The number of anilines is 2. The third kappa shape index (κ3) is 16.6. The topological polar surface area (TPSA) is 231 Å². The number of thiocarbonyl (C=S) groups is 1. The Hall–Kier alpha value is -7.50. The van der Waals surface area contributed by atoms with Gasteiger partial charge in [-0.05, 0) is 125 Å². The first-order valence-electron chi connectivity index (χ1n) is 29.6. The van der Waals surface area contributed by atoms with E-state index in [0.29, 0.717) is 101 Å². The van der Waals surface area contributed by atoms with Crippen LogP contribution in [0.1, 0.15) is 98.1 Å². The Morgan fingerprint density at radius 2 is 1.42 bits per heavy atom. The van der Waals surface area contributed by atoms with Crippen LogP contribution >= 0.6 is 12.2 Å². The van der Waals surface area contributed by atoms with Crippen molar-refractivity contribution in [2.45, 2.75) is 110 Å². The van der Waals surface area contributed by atoms with Gasteiger partial charge >= 0.3 is 6.18 Å². The highest BCUT2D eigenvalue weighted by molar-refractivity contribution is 7.81. The lowest BCUT2D eigenvalue weighted by atomic mass is 10.0. The fourth-order valence-corrected chi connectivity index (χ4v) is 11.4. The van der Waals surface area contributed by atoms with Gasteiger partial charge in [0.25, 0.3) is 11.8 Å². The maximum Gasteiger partial charge on any atom is 0.417 e. The Morgan fingerprint density at radius 1 is 0.818 bits per heavy atom. The molecule has 2 saturated heterocycles. The molecule has 5 aromatic rings. The van der Waals surface area contributed by atoms with E-state index in [0.717, 1.165) is 65.2 Å². The summed E-state index contributed by atoms with van der Waals surface area (Å²) >= 11 is 5.62. The third-order valence-corrected chi connectivity index (χ3v) is 15.8. The minimum absolute atomic E-state index is 0.000577. The number of aromatic nitrogens is 2. The van der Waals surface area contributed by atoms with Crippen molar-refractivity contribution in [2.75, 3.05) is 95.6 Å². The molecule has 0 radical (unpaired) electrons. The number of aryl methyl sites for hydroxylation is 1. The minimum atomic E-state index is -4.80. The van der Waals surface area contributed by atoms with Crippen molar-refractivity contribution < 1.29 is 70.6 Å². The van der Waals surface area contributed by atoms with Gasteiger partial charge in [0, 0.05) is 80.6 Å². The molecule has 4 heterocycles. The molecule has 20 nitrogen and oxygen atoms in total. The first-order valence-corrected chi connectivity index (χ1v) is 30.0. The van der Waals surface area contributed by atoms with Gasteiger partial charge in [-0.1, -0.05) is 44.2 Å². The van der Waals surface area contributed by atoms with Gasteiger partial charge in [0.15, 0.2) is 5.11 Å². The fourth-order valence-electron chi connectivity index (χ4n) is 10.8. The van der Waals surface area contributed by atoms with E-state index in [2.05, 4.69) is 15.3 Å². The lowest BCUT2D eigenvalue weighted by molar-refractivity contribution is -0.143. The lowest BCUT2D eigenvalue weighted by Crippen LogP contribution is -2.55. The summed E-state index contributed by atoms with van der Waals surface area (Å²) in [4.78, 5) is 68.3. The van der Waals surface area contributed by atoms with Gasteiger partial charge in [-0.25, -0.2) is 4.98 Å². The number of hydrogen-bond acceptors (Lipinski definition) is 15. The average molecular weight is 1240 g/mol. The van der Waals surface area contributed by atoms with Gasteiger partial charge in [-0.2, -0.15) is 18.4 Å². The van der Waals surface area contributed by atoms with Crippen molar-refractivity contribution in [3.63, 3.8) is 0 Å². The second-order valence-electron chi connectivity index (χ2n) is 22.4. The molecule has 4 amide bonds. The molecule has 3 atom stereocenters. The van der Waals surface area contributed by atoms with Gasteiger partial charge in [-0.15, -0.1) is 0 Å². The zero-order valence-electron chi connectivity index (χ0n) is 50.3. The lowest BCUT2D eigenvalue weighted by Gasteiger charge is -2.35. The summed E-state index contributed by atoms with van der Waals surface area (Å²) < 4.78 is 81.9. The largest absolute Gasteiger partial charge is 0.491 e. The summed E-state index contributed by atoms with van der Waals surface area (Å²) in [5, 5.41) is 22.9. The van der Waals surface area contributed by atoms with Crippen LogP contribution in [-0.2, 0) is 57.3 Å². The molecule has 0 unspecified atom stereocenters. The molecule has 2 fully saturated rings. The number of rotatable bonds is 33. The first-order chi connectivity index (χ1) is 42.3. The molecule has 3 N–H and O–H groups in total. The van der Waals surface area contributed by atoms with E-state index in [1.807, 2.05) is 51.1 Å². The number of amides is 4. The standard InChI is InChI=1S/C64H77F3N8O12S/c1-42(2)57(73-39-47-12-6-7-13-52(47)59(73)78)60(79)72-40-50(76)36-54(72)58(77)69-38-46-15-14-44(56-43(3)70-41-71-56)34-55(46)87-33-31-85-29-27-83-25-11-9-23-81-22-8-10-24-82-26-28-84-30-32-86-51-20-18-48(19-21-51)75-62(88)74(61(80)63(75,4)5)49-17-16-45(37-68)53(35-49)64(65,66)67/h6-7,12-21,34-35,41-42,50,54,57,76H,8-11,22-33,36,38-40H2,1-5H3,(H,69,77)(H,70,71)/t50-,54+,57+/m1/s1. The smallest absolute Gasteiger partial charge is 0.417 e. The number of benzene rings is 4. The molecule has 0 bridgehead atoms. The van der Waals surface area contributed by atoms with Crippen molar-refractivity contribution >= 4 is 52.3 Å². The predicted octanol–water partition coefficient (Wildman–Crippen LogP) is 8.55. The zero-order chi connectivity index (χ0) is 63.0. The summed E-state index contributed by atoms with van der Waals surface area (Å²) in [6.45, 7) is 14.5. The number of alkyl halides is 3. The van der Waals surface area contributed by atoms with Crippen molar-refractivity contribution in [2.24, 2.45) is 5.92 Å². The SMILES string of the molecule is Cc1[nH]cnc1-c1ccc(CNC(=O)[C@@H]2C[C@@H](O)CN2C(=O)[C@H](C(C)C)N2Cc3ccccc3C2=O)c(OCCOCCOCCCCOCCCCOCCOCCOc2ccc(N3C(=S)N(c4ccc(C#N)c(C(F)(F)F)c4)C(=O)C3(C)C)cc2)c1. The van der Waals surface area contributed by atoms with Crippen molar-refractivity contribution in [1.29, 1.82) is 5.26 Å². The van der Waals surface area contributed by atoms with E-state index < -0.39 is 52.8 Å². The molecular formula is C64H77F3N8O12S. The average Bonchev–Trinajstić information content (AvgIpc) is 1.69. The number of nitrogens with zero attached hydrogens (tertiary/aromatic N) is 6. The van der Waals surface area contributed by atoms with Crippen molar-refractivity contribution in [3.05, 3.63) is 125 Å². The van der Waals surface area contributed by atoms with Crippen LogP contribution in [-0.4, -0.2) is 163 Å². The Kier molecular flexibility index (Phi) is 23.5. The van der Waals surface area contributed by atoms with E-state index in [1.165, 1.54) is 11.0 Å². The quantitative estimate of drug-likeness (QED) is 0.0264. The Bertz CT molecular complexity index is 3250. The minimum Gasteiger partial charge on any atom is -0.491 e. The second kappa shape index (κ2) is 31.1. The monoisotopic (exact) mass is 1240 g/mol. The Balaban J connectivity index is 0.639. The van der Waals surface area contributed by atoms with E-state index >= 15 is 0 Å². The van der Waals surface area contributed by atoms with Gasteiger partial charge in [0.2, 0.25) is 11.8 Å². The van der Waals surface area contributed by atoms with E-state index in [4.69, 9.17) is 45.4 Å². The molecule has 3 aliphatic heterocycles. The molecule has 0 saturated carbocycles. The highest BCUT2D eigenvalue weighted by Gasteiger charge is 2.51. The van der Waals surface area contributed by atoms with Crippen molar-refractivity contribution in [3.8, 4) is 28.8 Å². The summed E-state index contributed by atoms with van der Waals surface area (Å²) in [5.41, 5.74) is 2.13. The number of nitrogens with one attached hydrogen (secondary N) is 2. The summed E-state index contributed by atoms with van der Waals surface area (Å²) in [5.74, 6) is -0.688. The molecule has 88 heavy (non-hydrogen) atoms. The molecule has 1 aromatic heterocycles. The van der Waals surface area contributed by atoms with Crippen LogP contribution in [0.5, 0.6) is 11.5 Å². The van der Waals surface area contributed by atoms with E-state index in [-0.39, 0.29) is 61.3 Å². The maximum absolute atomic E-state index is 14.3. The number of fused-ring (bicyclic) bond motifs is 1. The fraction of sp³-hybridized carbons (Fsp3) is 0.484. The Morgan fingerprint density at radius 3 is 2.02 bits per heavy atom. The number of imidazole rings is 1. The van der Waals surface area contributed by atoms with Crippen molar-refractivity contribution in [1.82, 2.24) is 25.1 Å². The van der Waals surface area contributed by atoms with Crippen LogP contribution in [0.15, 0.2) is 91.3 Å². The molecule has 4 aromatic carbocycles. The van der Waals surface area contributed by atoms with Crippen LogP contribution in [0, 0.1) is 24.2 Å². The normalized spacial score (nSPS) is 16.9. The molecule has 8 rings (SSSR count). The number of carbonyl (C=O) groups is 4. The van der Waals surface area contributed by atoms with Gasteiger partial charge < -0.3 is 63.3 Å². The number of nitriles is 1. The third-order valence-electron chi connectivity index (χ3n) is 15.4. The first kappa shape index (κ1) is 66.5. The summed E-state index contributed by atoms with van der Waals surface area (Å²) in [6, 6.07) is 22.7. The van der Waals surface area contributed by atoms with Crippen LogP contribution in [0.4, 0.5) is 24.5 Å². The molecule has 0 aliphatic carbocycles. The molecular weight excluding hydrogens is 1160 g/mol. The second-order valence-corrected chi connectivity index (χ2v) is 22.8. The van der Waals surface area contributed by atoms with Crippen LogP contribution in [0.25, 0.3) is 11.3 Å². The van der Waals surface area contributed by atoms with Crippen LogP contribution < -0.4 is 24.6 Å². The molecule has 472 valence electrons. The van der Waals surface area contributed by atoms with Crippen LogP contribution in [0.3, 0.4) is 0 Å². The number of aliphatic hydroxyl groups excluding tert-OH is 1. The molecule has 24 heteroatoms. The number of unbranched alkanes of at least 4 members (excludes halogenated alkanes) is 2. The van der Waals surface area contributed by atoms with Crippen LogP contribution in [0.2, 0.25) is 0 Å². The summed E-state index contributed by atoms with van der Waals surface area (Å²) in [6.07, 6.45) is -0.582. The molecule has 0 spiro atoms. The number of ether oxygens (including phenoxy) is 7. The number of β-amino-alcohol motifs (C(OH)–C–C–N with tert-alkyl or cyclic N) is 1. The van der Waals surface area contributed by atoms with Gasteiger partial charge in [-0.3, -0.25) is 24.1 Å². The molecule has 3 aliphatic rings. The number of halogens is 3. The summed E-state index contributed by atoms with van der Waals surface area (Å²) in [7, 11) is 0. The number of aliphatic hydroxyl groups is 1. The number of hydrogen-bond donors (Lipinski definition) is 3. The highest BCUT2D eigenvalue weighted by Crippen LogP contribution is 2.40. The van der Waals surface area contributed by atoms with Gasteiger partial charge in [0.1, 0.15) is 42.3 Å². The van der Waals surface area contributed by atoms with E-state index in [1.54, 1.807) is 72.4 Å². The van der Waals surface area contributed by atoms with E-state index in [9.17, 15) is 42.7 Å². The number of likely N-dealkylation sites (tertiary alicyclic amines) is 1. The highest BCUT2D eigenvalue weighted by atomic mass is 32.1. The zero-order valence-corrected chi connectivity index (χ0v) is 51.1. The number of aromatic amines is 1. The maximum atomic E-state index is 14.3.